The fourth-order valence-corrected chi connectivity index (χ4v) is 3.28. The van der Waals surface area contributed by atoms with Crippen molar-refractivity contribution in [1.82, 2.24) is 9.80 Å². The molecular formula is C24H27FN2O4. The number of halogens is 1. The Morgan fingerprint density at radius 2 is 1.74 bits per heavy atom. The highest BCUT2D eigenvalue weighted by Crippen LogP contribution is 2.15. The first-order valence-electron chi connectivity index (χ1n) is 10.2. The molecule has 0 aliphatic heterocycles. The van der Waals surface area contributed by atoms with Crippen LogP contribution in [0.15, 0.2) is 63.6 Å². The molecule has 1 aromatic carbocycles. The van der Waals surface area contributed by atoms with Crippen LogP contribution in [0.25, 0.3) is 0 Å². The number of nitrogens with zero attached hydrogens (tertiary/aromatic N) is 2. The number of hydrogen-bond acceptors (Lipinski definition) is 4. The lowest BCUT2D eigenvalue weighted by Gasteiger charge is -2.28. The average molecular weight is 426 g/mol. The molecule has 0 bridgehead atoms. The maximum atomic E-state index is 13.3. The molecule has 31 heavy (non-hydrogen) atoms. The highest BCUT2D eigenvalue weighted by molar-refractivity contribution is 5.94. The molecular weight excluding hydrogens is 399 g/mol. The predicted octanol–water partition coefficient (Wildman–Crippen LogP) is 4.65. The summed E-state index contributed by atoms with van der Waals surface area (Å²) >= 11 is 0. The molecule has 0 saturated heterocycles. The molecule has 6 nitrogen and oxygen atoms in total. The van der Waals surface area contributed by atoms with E-state index in [1.54, 1.807) is 29.2 Å². The van der Waals surface area contributed by atoms with E-state index in [-0.39, 0.29) is 48.9 Å². The highest BCUT2D eigenvalue weighted by Gasteiger charge is 2.25. The molecule has 2 aromatic heterocycles. The van der Waals surface area contributed by atoms with Gasteiger partial charge in [0.25, 0.3) is 5.91 Å². The second kappa shape index (κ2) is 10.1. The van der Waals surface area contributed by atoms with Crippen LogP contribution < -0.4 is 0 Å². The Morgan fingerprint density at radius 1 is 1.00 bits per heavy atom. The van der Waals surface area contributed by atoms with Crippen molar-refractivity contribution in [1.29, 1.82) is 0 Å². The van der Waals surface area contributed by atoms with Gasteiger partial charge in [-0.25, -0.2) is 4.39 Å². The van der Waals surface area contributed by atoms with E-state index in [9.17, 15) is 14.0 Å². The summed E-state index contributed by atoms with van der Waals surface area (Å²) in [4.78, 5) is 29.2. The van der Waals surface area contributed by atoms with Crippen LogP contribution in [0.4, 0.5) is 4.39 Å². The predicted molar refractivity (Wildman–Crippen MR) is 114 cm³/mol. The molecule has 0 N–H and O–H groups in total. The largest absolute Gasteiger partial charge is 0.464 e. The fraction of sp³-hybridized carbons (Fsp3) is 0.333. The van der Waals surface area contributed by atoms with Gasteiger partial charge in [-0.3, -0.25) is 9.59 Å². The second-order valence-corrected chi connectivity index (χ2v) is 7.95. The maximum absolute atomic E-state index is 13.3. The Bertz CT molecular complexity index is 993. The Balaban J connectivity index is 1.80. The van der Waals surface area contributed by atoms with E-state index in [2.05, 4.69) is 0 Å². The van der Waals surface area contributed by atoms with Crippen LogP contribution in [0.3, 0.4) is 0 Å². The van der Waals surface area contributed by atoms with Crippen LogP contribution in [0.1, 0.15) is 41.5 Å². The SMILES string of the molecule is Cc1ccc(CN(Cc2ccc(F)cc2)C(=O)CN(CC(C)C)C(=O)c2ccco2)o1. The van der Waals surface area contributed by atoms with E-state index >= 15 is 0 Å². The summed E-state index contributed by atoms with van der Waals surface area (Å²) in [5, 5.41) is 0. The first kappa shape index (κ1) is 22.3. The lowest BCUT2D eigenvalue weighted by Crippen LogP contribution is -2.43. The monoisotopic (exact) mass is 426 g/mol. The number of amides is 2. The first-order chi connectivity index (χ1) is 14.8. The minimum Gasteiger partial charge on any atom is -0.464 e. The van der Waals surface area contributed by atoms with Crippen molar-refractivity contribution < 1.29 is 22.8 Å². The third-order valence-electron chi connectivity index (χ3n) is 4.71. The number of carbonyl (C=O) groups excluding carboxylic acids is 2. The van der Waals surface area contributed by atoms with E-state index in [1.807, 2.05) is 32.9 Å². The maximum Gasteiger partial charge on any atom is 0.290 e. The van der Waals surface area contributed by atoms with Gasteiger partial charge < -0.3 is 18.6 Å². The van der Waals surface area contributed by atoms with Crippen LogP contribution in [-0.4, -0.2) is 34.7 Å². The Kier molecular flexibility index (Phi) is 7.28. The molecule has 0 unspecified atom stereocenters. The Hall–Kier alpha value is -3.35. The van der Waals surface area contributed by atoms with Crippen LogP contribution in [0, 0.1) is 18.7 Å². The van der Waals surface area contributed by atoms with Gasteiger partial charge in [-0.05, 0) is 54.8 Å². The minimum absolute atomic E-state index is 0.0986. The summed E-state index contributed by atoms with van der Waals surface area (Å²) in [6, 6.07) is 12.9. The molecule has 2 heterocycles. The van der Waals surface area contributed by atoms with Crippen molar-refractivity contribution in [2.75, 3.05) is 13.1 Å². The summed E-state index contributed by atoms with van der Waals surface area (Å²) in [6.45, 7) is 6.62. The molecule has 7 heteroatoms. The van der Waals surface area contributed by atoms with Gasteiger partial charge in [0.15, 0.2) is 5.76 Å². The fourth-order valence-electron chi connectivity index (χ4n) is 3.28. The molecule has 0 aliphatic rings. The molecule has 0 aliphatic carbocycles. The Morgan fingerprint density at radius 3 is 2.32 bits per heavy atom. The summed E-state index contributed by atoms with van der Waals surface area (Å²) in [6.07, 6.45) is 1.43. The quantitative estimate of drug-likeness (QED) is 0.500. The van der Waals surface area contributed by atoms with Crippen molar-refractivity contribution in [2.45, 2.75) is 33.9 Å². The van der Waals surface area contributed by atoms with Crippen LogP contribution >= 0.6 is 0 Å². The van der Waals surface area contributed by atoms with E-state index in [0.717, 1.165) is 11.3 Å². The lowest BCUT2D eigenvalue weighted by molar-refractivity contribution is -0.133. The zero-order valence-corrected chi connectivity index (χ0v) is 18.0. The molecule has 0 atom stereocenters. The van der Waals surface area contributed by atoms with Crippen molar-refractivity contribution in [3.05, 3.63) is 83.5 Å². The second-order valence-electron chi connectivity index (χ2n) is 7.95. The number of rotatable bonds is 9. The van der Waals surface area contributed by atoms with Gasteiger partial charge >= 0.3 is 0 Å². The third-order valence-corrected chi connectivity index (χ3v) is 4.71. The number of hydrogen-bond donors (Lipinski definition) is 0. The normalized spacial score (nSPS) is 11.0. The highest BCUT2D eigenvalue weighted by atomic mass is 19.1. The molecule has 0 radical (unpaired) electrons. The summed E-state index contributed by atoms with van der Waals surface area (Å²) in [5.41, 5.74) is 0.783. The topological polar surface area (TPSA) is 66.9 Å². The summed E-state index contributed by atoms with van der Waals surface area (Å²) in [7, 11) is 0. The van der Waals surface area contributed by atoms with Crippen LogP contribution in [0.5, 0.6) is 0 Å². The zero-order chi connectivity index (χ0) is 22.4. The summed E-state index contributed by atoms with van der Waals surface area (Å²) in [5.74, 6) is 0.849. The van der Waals surface area contributed by atoms with Crippen LogP contribution in [0.2, 0.25) is 0 Å². The van der Waals surface area contributed by atoms with Gasteiger partial charge in [0.2, 0.25) is 5.91 Å². The van der Waals surface area contributed by atoms with Crippen LogP contribution in [-0.2, 0) is 17.9 Å². The van der Waals surface area contributed by atoms with E-state index in [1.165, 1.54) is 23.3 Å². The van der Waals surface area contributed by atoms with Crippen molar-refractivity contribution in [3.63, 3.8) is 0 Å². The van der Waals surface area contributed by atoms with Gasteiger partial charge in [0.1, 0.15) is 23.9 Å². The molecule has 3 aromatic rings. The Labute approximate surface area is 181 Å². The van der Waals surface area contributed by atoms with Gasteiger partial charge in [0.05, 0.1) is 12.8 Å². The molecule has 164 valence electrons. The zero-order valence-electron chi connectivity index (χ0n) is 18.0. The van der Waals surface area contributed by atoms with E-state index < -0.39 is 0 Å². The van der Waals surface area contributed by atoms with Crippen molar-refractivity contribution in [3.8, 4) is 0 Å². The van der Waals surface area contributed by atoms with E-state index in [0.29, 0.717) is 12.3 Å². The first-order valence-corrected chi connectivity index (χ1v) is 10.2. The number of benzene rings is 1. The number of carbonyl (C=O) groups is 2. The molecule has 3 rings (SSSR count). The lowest BCUT2D eigenvalue weighted by atomic mass is 10.2. The third kappa shape index (κ3) is 6.31. The number of furan rings is 2. The summed E-state index contributed by atoms with van der Waals surface area (Å²) < 4.78 is 24.2. The molecule has 0 saturated carbocycles. The minimum atomic E-state index is -0.338. The molecule has 2 amide bonds. The number of aryl methyl sites for hydroxylation is 1. The van der Waals surface area contributed by atoms with Crippen molar-refractivity contribution >= 4 is 11.8 Å². The van der Waals surface area contributed by atoms with Gasteiger partial charge in [-0.1, -0.05) is 26.0 Å². The van der Waals surface area contributed by atoms with Gasteiger partial charge in [-0.15, -0.1) is 0 Å². The average Bonchev–Trinajstić information content (AvgIpc) is 3.39. The van der Waals surface area contributed by atoms with Gasteiger partial charge in [0, 0.05) is 13.1 Å². The molecule has 0 fully saturated rings. The van der Waals surface area contributed by atoms with Gasteiger partial charge in [-0.2, -0.15) is 0 Å². The van der Waals surface area contributed by atoms with E-state index in [4.69, 9.17) is 8.83 Å². The smallest absolute Gasteiger partial charge is 0.290 e. The molecule has 0 spiro atoms. The standard InChI is InChI=1S/C24H27FN2O4/c1-17(2)13-27(24(29)22-5-4-12-30-22)16-23(28)26(15-21-11-6-18(3)31-21)14-19-7-9-20(25)10-8-19/h4-12,17H,13-16H2,1-3H3. The van der Waals surface area contributed by atoms with Crippen molar-refractivity contribution in [2.24, 2.45) is 5.92 Å².